The molecule has 0 atom stereocenters. The molecule has 0 heterocycles. The Hall–Kier alpha value is -1.62. The van der Waals surface area contributed by atoms with Crippen LogP contribution in [0.4, 0.5) is 11.4 Å². The molecule has 17 heavy (non-hydrogen) atoms. The van der Waals surface area contributed by atoms with Gasteiger partial charge in [-0.15, -0.1) is 0 Å². The van der Waals surface area contributed by atoms with Crippen molar-refractivity contribution in [2.24, 2.45) is 5.41 Å². The van der Waals surface area contributed by atoms with Gasteiger partial charge in [0.05, 0.1) is 0 Å². The molecule has 0 radical (unpaired) electrons. The van der Waals surface area contributed by atoms with Gasteiger partial charge in [0, 0.05) is 16.8 Å². The summed E-state index contributed by atoms with van der Waals surface area (Å²) in [5, 5.41) is 5.84. The second-order valence-electron chi connectivity index (χ2n) is 4.78. The van der Waals surface area contributed by atoms with E-state index in [4.69, 9.17) is 18.0 Å². The first-order valence-electron chi connectivity index (χ1n) is 5.27. The number of thiocarbonyl (C=S) groups is 1. The van der Waals surface area contributed by atoms with Crippen LogP contribution < -0.4 is 16.4 Å². The number of nitrogen functional groups attached to an aromatic ring is 1. The molecule has 5 heteroatoms. The lowest BCUT2D eigenvalue weighted by Gasteiger charge is -2.18. The van der Waals surface area contributed by atoms with Crippen LogP contribution in [-0.4, -0.2) is 11.0 Å². The molecule has 4 N–H and O–H groups in total. The molecule has 0 saturated carbocycles. The van der Waals surface area contributed by atoms with Crippen LogP contribution in [-0.2, 0) is 4.79 Å². The van der Waals surface area contributed by atoms with Gasteiger partial charge < -0.3 is 16.4 Å². The Labute approximate surface area is 107 Å². The third-order valence-electron chi connectivity index (χ3n) is 2.08. The third-order valence-corrected chi connectivity index (χ3v) is 2.28. The van der Waals surface area contributed by atoms with E-state index in [-0.39, 0.29) is 11.0 Å². The van der Waals surface area contributed by atoms with E-state index in [0.717, 1.165) is 5.69 Å². The maximum atomic E-state index is 11.7. The molecule has 0 bridgehead atoms. The van der Waals surface area contributed by atoms with Gasteiger partial charge in [0.15, 0.2) is 5.11 Å². The number of carbonyl (C=O) groups excluding carboxylic acids is 1. The molecule has 1 aromatic carbocycles. The Kier molecular flexibility index (Phi) is 4.07. The Morgan fingerprint density at radius 2 is 1.76 bits per heavy atom. The van der Waals surface area contributed by atoms with Gasteiger partial charge in [-0.2, -0.15) is 0 Å². The maximum absolute atomic E-state index is 11.7. The van der Waals surface area contributed by atoms with E-state index < -0.39 is 5.41 Å². The smallest absolute Gasteiger partial charge is 0.231 e. The molecule has 1 rings (SSSR count). The largest absolute Gasteiger partial charge is 0.399 e. The summed E-state index contributed by atoms with van der Waals surface area (Å²) in [6.45, 7) is 5.48. The van der Waals surface area contributed by atoms with Crippen LogP contribution in [0.2, 0.25) is 0 Å². The predicted octanol–water partition coefficient (Wildman–Crippen LogP) is 2.13. The number of nitrogens with one attached hydrogen (secondary N) is 2. The molecule has 0 unspecified atom stereocenters. The van der Waals surface area contributed by atoms with Crippen molar-refractivity contribution in [3.8, 4) is 0 Å². The molecule has 0 aromatic heterocycles. The van der Waals surface area contributed by atoms with Crippen LogP contribution in [0.5, 0.6) is 0 Å². The Morgan fingerprint density at radius 1 is 1.24 bits per heavy atom. The quantitative estimate of drug-likeness (QED) is 0.528. The van der Waals surface area contributed by atoms with Gasteiger partial charge >= 0.3 is 0 Å². The molecule has 92 valence electrons. The van der Waals surface area contributed by atoms with Crippen molar-refractivity contribution in [1.29, 1.82) is 0 Å². The van der Waals surface area contributed by atoms with Crippen molar-refractivity contribution >= 4 is 34.6 Å². The fourth-order valence-electron chi connectivity index (χ4n) is 1.02. The maximum Gasteiger partial charge on any atom is 0.231 e. The molecular weight excluding hydrogens is 234 g/mol. The molecule has 1 aromatic rings. The van der Waals surface area contributed by atoms with Crippen LogP contribution >= 0.6 is 12.2 Å². The second-order valence-corrected chi connectivity index (χ2v) is 5.19. The number of amides is 1. The van der Waals surface area contributed by atoms with Crippen molar-refractivity contribution in [3.63, 3.8) is 0 Å². The lowest BCUT2D eigenvalue weighted by molar-refractivity contribution is -0.126. The fourth-order valence-corrected chi connectivity index (χ4v) is 1.23. The summed E-state index contributed by atoms with van der Waals surface area (Å²) in [6.07, 6.45) is 0. The average molecular weight is 251 g/mol. The molecule has 0 aliphatic rings. The van der Waals surface area contributed by atoms with E-state index in [9.17, 15) is 4.79 Å². The average Bonchev–Trinajstić information content (AvgIpc) is 2.20. The summed E-state index contributed by atoms with van der Waals surface area (Å²) >= 11 is 5.04. The van der Waals surface area contributed by atoms with Crippen LogP contribution in [0.25, 0.3) is 0 Å². The fraction of sp³-hybridized carbons (Fsp3) is 0.333. The molecule has 4 nitrogen and oxygen atoms in total. The van der Waals surface area contributed by atoms with E-state index in [1.807, 2.05) is 20.8 Å². The first kappa shape index (κ1) is 13.4. The number of hydrogen-bond acceptors (Lipinski definition) is 3. The van der Waals surface area contributed by atoms with E-state index >= 15 is 0 Å². The zero-order chi connectivity index (χ0) is 13.1. The molecule has 1 amide bonds. The molecule has 0 aliphatic heterocycles. The van der Waals surface area contributed by atoms with Crippen LogP contribution in [0, 0.1) is 5.41 Å². The van der Waals surface area contributed by atoms with Gasteiger partial charge in [0.2, 0.25) is 5.91 Å². The van der Waals surface area contributed by atoms with E-state index in [1.165, 1.54) is 0 Å². The van der Waals surface area contributed by atoms with Crippen molar-refractivity contribution in [2.45, 2.75) is 20.8 Å². The van der Waals surface area contributed by atoms with Gasteiger partial charge in [-0.25, -0.2) is 0 Å². The van der Waals surface area contributed by atoms with Gasteiger partial charge in [-0.3, -0.25) is 4.79 Å². The SMILES string of the molecule is CC(C)(C)C(=O)NC(=S)Nc1ccc(N)cc1. The zero-order valence-corrected chi connectivity index (χ0v) is 11.0. The zero-order valence-electron chi connectivity index (χ0n) is 10.2. The number of benzene rings is 1. The Balaban J connectivity index is 2.56. The molecule has 0 fully saturated rings. The summed E-state index contributed by atoms with van der Waals surface area (Å²) < 4.78 is 0. The topological polar surface area (TPSA) is 67.2 Å². The highest BCUT2D eigenvalue weighted by molar-refractivity contribution is 7.80. The number of carbonyl (C=O) groups is 1. The Morgan fingerprint density at radius 3 is 2.24 bits per heavy atom. The summed E-state index contributed by atoms with van der Waals surface area (Å²) in [5.41, 5.74) is 6.57. The minimum absolute atomic E-state index is 0.120. The molecule has 0 aliphatic carbocycles. The van der Waals surface area contributed by atoms with Crippen LogP contribution in [0.15, 0.2) is 24.3 Å². The highest BCUT2D eigenvalue weighted by atomic mass is 32.1. The normalized spacial score (nSPS) is 10.8. The summed E-state index contributed by atoms with van der Waals surface area (Å²) in [5.74, 6) is -0.120. The van der Waals surface area contributed by atoms with Gasteiger partial charge in [0.1, 0.15) is 0 Å². The van der Waals surface area contributed by atoms with Crippen LogP contribution in [0.3, 0.4) is 0 Å². The number of rotatable bonds is 1. The molecular formula is C12H17N3OS. The lowest BCUT2D eigenvalue weighted by Crippen LogP contribution is -2.41. The van der Waals surface area contributed by atoms with Gasteiger partial charge in [-0.1, -0.05) is 20.8 Å². The second kappa shape index (κ2) is 5.14. The van der Waals surface area contributed by atoms with Crippen molar-refractivity contribution in [2.75, 3.05) is 11.1 Å². The van der Waals surface area contributed by atoms with Crippen molar-refractivity contribution < 1.29 is 4.79 Å². The highest BCUT2D eigenvalue weighted by Gasteiger charge is 2.21. The van der Waals surface area contributed by atoms with Gasteiger partial charge in [0.25, 0.3) is 0 Å². The summed E-state index contributed by atoms with van der Waals surface area (Å²) in [7, 11) is 0. The van der Waals surface area contributed by atoms with E-state index in [1.54, 1.807) is 24.3 Å². The monoisotopic (exact) mass is 251 g/mol. The third kappa shape index (κ3) is 4.40. The van der Waals surface area contributed by atoms with Crippen LogP contribution in [0.1, 0.15) is 20.8 Å². The summed E-state index contributed by atoms with van der Waals surface area (Å²) in [6, 6.07) is 7.11. The van der Waals surface area contributed by atoms with E-state index in [2.05, 4.69) is 10.6 Å². The van der Waals surface area contributed by atoms with Gasteiger partial charge in [-0.05, 0) is 36.5 Å². The van der Waals surface area contributed by atoms with Crippen molar-refractivity contribution in [1.82, 2.24) is 5.32 Å². The first-order valence-corrected chi connectivity index (χ1v) is 5.68. The first-order chi connectivity index (χ1) is 7.79. The molecule has 0 spiro atoms. The molecule has 0 saturated heterocycles. The standard InChI is InChI=1S/C12H17N3OS/c1-12(2,3)10(16)15-11(17)14-9-6-4-8(13)5-7-9/h4-7H,13H2,1-3H3,(H2,14,15,16,17). The predicted molar refractivity (Wildman–Crippen MR) is 74.7 cm³/mol. The van der Waals surface area contributed by atoms with Crippen molar-refractivity contribution in [3.05, 3.63) is 24.3 Å². The van der Waals surface area contributed by atoms with E-state index in [0.29, 0.717) is 5.69 Å². The number of anilines is 2. The number of hydrogen-bond donors (Lipinski definition) is 3. The summed E-state index contributed by atoms with van der Waals surface area (Å²) in [4.78, 5) is 11.7. The Bertz CT molecular complexity index is 420. The minimum atomic E-state index is -0.465. The lowest BCUT2D eigenvalue weighted by atomic mass is 9.96. The minimum Gasteiger partial charge on any atom is -0.399 e. The highest BCUT2D eigenvalue weighted by Crippen LogP contribution is 2.13. The number of nitrogens with two attached hydrogens (primary N) is 1.